The highest BCUT2D eigenvalue weighted by Gasteiger charge is 2.23. The quantitative estimate of drug-likeness (QED) is 0.461. The molecule has 2 N–H and O–H groups in total. The topological polar surface area (TPSA) is 96.4 Å². The molecule has 0 amide bonds. The van der Waals surface area contributed by atoms with E-state index in [-0.39, 0.29) is 4.90 Å². The van der Waals surface area contributed by atoms with E-state index in [0.717, 1.165) is 44.8 Å². The molecule has 0 aliphatic carbocycles. The highest BCUT2D eigenvalue weighted by atomic mass is 32.2. The molecule has 0 aliphatic heterocycles. The molecule has 0 saturated carbocycles. The van der Waals surface area contributed by atoms with Gasteiger partial charge in [-0.1, -0.05) is 0 Å². The molecular weight excluding hydrogens is 400 g/mol. The Morgan fingerprint density at radius 2 is 1.53 bits per heavy atom. The Hall–Kier alpha value is -3.13. The zero-order chi connectivity index (χ0) is 22.1. The molecular formula is C22H26N4O3S. The van der Waals surface area contributed by atoms with Crippen LogP contribution in [0.3, 0.4) is 0 Å². The Morgan fingerprint density at radius 1 is 0.967 bits per heavy atom. The van der Waals surface area contributed by atoms with Crippen molar-refractivity contribution in [3.8, 4) is 17.0 Å². The van der Waals surface area contributed by atoms with E-state index in [1.807, 2.05) is 58.9 Å². The summed E-state index contributed by atoms with van der Waals surface area (Å²) in [6.07, 6.45) is 3.03. The second-order valence-electron chi connectivity index (χ2n) is 7.24. The minimum Gasteiger partial charge on any atom is -0.497 e. The summed E-state index contributed by atoms with van der Waals surface area (Å²) in [5.41, 5.74) is 6.80. The average molecular weight is 427 g/mol. The fourth-order valence-corrected chi connectivity index (χ4v) is 4.86. The first-order valence-electron chi connectivity index (χ1n) is 9.47. The SMILES string of the molecule is COc1ccc(-c2[nH]ncc2/C=N\NS(=O)(=O)c2c(C)c(C)c(C)c(C)c2C)cc1. The van der Waals surface area contributed by atoms with Crippen molar-refractivity contribution in [2.75, 3.05) is 7.11 Å². The fourth-order valence-electron chi connectivity index (χ4n) is 3.46. The van der Waals surface area contributed by atoms with Crippen LogP contribution in [0.2, 0.25) is 0 Å². The molecule has 8 heteroatoms. The van der Waals surface area contributed by atoms with Crippen LogP contribution in [0.5, 0.6) is 5.75 Å². The van der Waals surface area contributed by atoms with Gasteiger partial charge in [-0.25, -0.2) is 4.83 Å². The van der Waals surface area contributed by atoms with Crippen molar-refractivity contribution < 1.29 is 13.2 Å². The molecule has 7 nitrogen and oxygen atoms in total. The molecule has 0 atom stereocenters. The number of H-pyrrole nitrogens is 1. The smallest absolute Gasteiger partial charge is 0.277 e. The summed E-state index contributed by atoms with van der Waals surface area (Å²) < 4.78 is 31.1. The zero-order valence-corrected chi connectivity index (χ0v) is 18.8. The molecule has 3 aromatic rings. The van der Waals surface area contributed by atoms with E-state index in [2.05, 4.69) is 20.1 Å². The van der Waals surface area contributed by atoms with E-state index in [0.29, 0.717) is 5.56 Å². The van der Waals surface area contributed by atoms with Gasteiger partial charge in [0.2, 0.25) is 0 Å². The summed E-state index contributed by atoms with van der Waals surface area (Å²) in [5.74, 6) is 0.746. The normalized spacial score (nSPS) is 11.8. The van der Waals surface area contributed by atoms with Crippen molar-refractivity contribution in [1.29, 1.82) is 0 Å². The first-order valence-corrected chi connectivity index (χ1v) is 10.9. The Bertz CT molecular complexity index is 1180. The van der Waals surface area contributed by atoms with Crippen molar-refractivity contribution in [1.82, 2.24) is 15.0 Å². The monoisotopic (exact) mass is 426 g/mol. The molecule has 0 fully saturated rings. The van der Waals surface area contributed by atoms with Gasteiger partial charge in [-0.3, -0.25) is 5.10 Å². The summed E-state index contributed by atoms with van der Waals surface area (Å²) in [6.45, 7) is 9.53. The van der Waals surface area contributed by atoms with E-state index >= 15 is 0 Å². The van der Waals surface area contributed by atoms with Crippen LogP contribution in [0.25, 0.3) is 11.3 Å². The number of hydrogen-bond acceptors (Lipinski definition) is 5. The Morgan fingerprint density at radius 3 is 2.10 bits per heavy atom. The van der Waals surface area contributed by atoms with E-state index < -0.39 is 10.0 Å². The number of benzene rings is 2. The maximum Gasteiger partial charge on any atom is 0.277 e. The number of aromatic amines is 1. The predicted octanol–water partition coefficient (Wildman–Crippen LogP) is 3.94. The molecule has 1 heterocycles. The highest BCUT2D eigenvalue weighted by molar-refractivity contribution is 7.89. The summed E-state index contributed by atoms with van der Waals surface area (Å²) in [6, 6.07) is 7.46. The maximum absolute atomic E-state index is 13.0. The van der Waals surface area contributed by atoms with Crippen LogP contribution in [0, 0.1) is 34.6 Å². The van der Waals surface area contributed by atoms with Crippen LogP contribution in [0.15, 0.2) is 40.5 Å². The minimum atomic E-state index is -3.82. The van der Waals surface area contributed by atoms with E-state index in [4.69, 9.17) is 4.74 Å². The van der Waals surface area contributed by atoms with Crippen LogP contribution in [-0.2, 0) is 10.0 Å². The lowest BCUT2D eigenvalue weighted by atomic mass is 9.95. The molecule has 0 spiro atoms. The number of hydrogen-bond donors (Lipinski definition) is 2. The van der Waals surface area contributed by atoms with Crippen LogP contribution < -0.4 is 9.57 Å². The predicted molar refractivity (Wildman–Crippen MR) is 119 cm³/mol. The summed E-state index contributed by atoms with van der Waals surface area (Å²) in [7, 11) is -2.21. The number of aromatic nitrogens is 2. The minimum absolute atomic E-state index is 0.280. The molecule has 0 unspecified atom stereocenters. The van der Waals surface area contributed by atoms with Gasteiger partial charge >= 0.3 is 0 Å². The van der Waals surface area contributed by atoms with E-state index in [1.54, 1.807) is 13.3 Å². The van der Waals surface area contributed by atoms with Crippen LogP contribution >= 0.6 is 0 Å². The van der Waals surface area contributed by atoms with Crippen molar-refractivity contribution in [3.63, 3.8) is 0 Å². The van der Waals surface area contributed by atoms with E-state index in [1.165, 1.54) is 6.21 Å². The second kappa shape index (κ2) is 8.31. The van der Waals surface area contributed by atoms with Crippen molar-refractivity contribution in [2.24, 2.45) is 5.10 Å². The molecule has 0 bridgehead atoms. The van der Waals surface area contributed by atoms with Gasteiger partial charge in [-0.2, -0.15) is 18.6 Å². The molecule has 3 rings (SSSR count). The molecule has 0 radical (unpaired) electrons. The summed E-state index contributed by atoms with van der Waals surface area (Å²) >= 11 is 0. The first kappa shape index (κ1) is 21.6. The molecule has 1 aromatic heterocycles. The second-order valence-corrected chi connectivity index (χ2v) is 8.83. The molecule has 0 saturated heterocycles. The standard InChI is InChI=1S/C22H26N4O3S/c1-13-14(2)16(4)22(17(5)15(13)3)30(27,28)26-24-12-19-11-23-25-21(19)18-7-9-20(29-6)10-8-18/h7-12,26H,1-6H3,(H,23,25)/b24-12-. The number of sulfonamides is 1. The average Bonchev–Trinajstić information content (AvgIpc) is 3.19. The third kappa shape index (κ3) is 3.95. The zero-order valence-electron chi connectivity index (χ0n) is 18.0. The Balaban J connectivity index is 1.89. The van der Waals surface area contributed by atoms with Gasteiger partial charge in [0.05, 0.1) is 30.1 Å². The van der Waals surface area contributed by atoms with Crippen molar-refractivity contribution in [3.05, 3.63) is 63.8 Å². The maximum atomic E-state index is 13.0. The fraction of sp³-hybridized carbons (Fsp3) is 0.273. The lowest BCUT2D eigenvalue weighted by Crippen LogP contribution is -2.22. The number of hydrazone groups is 1. The number of nitrogens with zero attached hydrogens (tertiary/aromatic N) is 2. The highest BCUT2D eigenvalue weighted by Crippen LogP contribution is 2.29. The van der Waals surface area contributed by atoms with E-state index in [9.17, 15) is 8.42 Å². The van der Waals surface area contributed by atoms with Crippen LogP contribution in [0.1, 0.15) is 33.4 Å². The third-order valence-corrected chi connectivity index (χ3v) is 7.12. The number of methoxy groups -OCH3 is 1. The molecule has 2 aromatic carbocycles. The van der Waals surface area contributed by atoms with Gasteiger partial charge in [0.1, 0.15) is 5.75 Å². The van der Waals surface area contributed by atoms with Crippen LogP contribution in [-0.4, -0.2) is 31.9 Å². The van der Waals surface area contributed by atoms with Gasteiger partial charge in [-0.05, 0) is 86.7 Å². The number of rotatable bonds is 6. The van der Waals surface area contributed by atoms with Gasteiger partial charge in [0.15, 0.2) is 0 Å². The summed E-state index contributed by atoms with van der Waals surface area (Å²) in [5, 5.41) is 11.0. The molecule has 158 valence electrons. The Labute approximate surface area is 177 Å². The Kier molecular flexibility index (Phi) is 5.98. The van der Waals surface area contributed by atoms with Gasteiger partial charge < -0.3 is 4.74 Å². The van der Waals surface area contributed by atoms with Crippen molar-refractivity contribution in [2.45, 2.75) is 39.5 Å². The first-order chi connectivity index (χ1) is 14.2. The van der Waals surface area contributed by atoms with Gasteiger partial charge in [0, 0.05) is 11.1 Å². The molecule has 30 heavy (non-hydrogen) atoms. The van der Waals surface area contributed by atoms with Crippen molar-refractivity contribution >= 4 is 16.2 Å². The number of ether oxygens (including phenoxy) is 1. The van der Waals surface area contributed by atoms with Crippen LogP contribution in [0.4, 0.5) is 0 Å². The third-order valence-electron chi connectivity index (χ3n) is 5.62. The summed E-state index contributed by atoms with van der Waals surface area (Å²) in [4.78, 5) is 2.63. The lowest BCUT2D eigenvalue weighted by Gasteiger charge is -2.18. The lowest BCUT2D eigenvalue weighted by molar-refractivity contribution is 0.415. The van der Waals surface area contributed by atoms with Gasteiger partial charge in [0.25, 0.3) is 10.0 Å². The largest absolute Gasteiger partial charge is 0.497 e. The molecule has 0 aliphatic rings. The van der Waals surface area contributed by atoms with Gasteiger partial charge in [-0.15, -0.1) is 0 Å². The number of nitrogens with one attached hydrogen (secondary N) is 2.